The van der Waals surface area contributed by atoms with Crippen LogP contribution in [0.1, 0.15) is 33.7 Å². The fourth-order valence-electron chi connectivity index (χ4n) is 4.85. The van der Waals surface area contributed by atoms with Crippen LogP contribution in [0.25, 0.3) is 11.0 Å². The molecule has 0 saturated carbocycles. The molecule has 1 atom stereocenters. The summed E-state index contributed by atoms with van der Waals surface area (Å²) < 4.78 is 16.4. The lowest BCUT2D eigenvalue weighted by Gasteiger charge is -2.39. The lowest BCUT2D eigenvalue weighted by Crippen LogP contribution is -2.51. The molecule has 0 saturated heterocycles. The second-order valence-corrected chi connectivity index (χ2v) is 9.39. The van der Waals surface area contributed by atoms with Crippen molar-refractivity contribution in [3.63, 3.8) is 0 Å². The molecule has 9 heteroatoms. The van der Waals surface area contributed by atoms with E-state index in [-0.39, 0.29) is 16.4 Å². The summed E-state index contributed by atoms with van der Waals surface area (Å²) in [6.45, 7) is 2.41. The van der Waals surface area contributed by atoms with Gasteiger partial charge in [0.25, 0.3) is 5.91 Å². The summed E-state index contributed by atoms with van der Waals surface area (Å²) in [5.74, 6) is 0.159. The van der Waals surface area contributed by atoms with Crippen LogP contribution in [0.15, 0.2) is 60.7 Å². The van der Waals surface area contributed by atoms with E-state index in [9.17, 15) is 9.18 Å². The molecule has 7 nitrogen and oxygen atoms in total. The second kappa shape index (κ2) is 9.20. The molecule has 3 aromatic carbocycles. The molecule has 36 heavy (non-hydrogen) atoms. The number of aryl methyl sites for hydroxylation is 2. The summed E-state index contributed by atoms with van der Waals surface area (Å²) in [7, 11) is 0. The van der Waals surface area contributed by atoms with E-state index in [0.717, 1.165) is 35.1 Å². The Balaban J connectivity index is 1.55. The number of carbonyl (C=O) groups excluding carboxylic acids is 1. The zero-order chi connectivity index (χ0) is 25.4. The van der Waals surface area contributed by atoms with Crippen molar-refractivity contribution in [1.82, 2.24) is 14.9 Å². The van der Waals surface area contributed by atoms with E-state index in [1.165, 1.54) is 23.1 Å². The normalized spacial score (nSPS) is 16.9. The van der Waals surface area contributed by atoms with Crippen molar-refractivity contribution in [2.24, 2.45) is 0 Å². The first-order chi connectivity index (χ1) is 17.3. The summed E-state index contributed by atoms with van der Waals surface area (Å²) in [6, 6.07) is 17.1. The monoisotopic (exact) mass is 502 g/mol. The van der Waals surface area contributed by atoms with Gasteiger partial charge in [0.2, 0.25) is 0 Å². The van der Waals surface area contributed by atoms with Crippen molar-refractivity contribution in [3.05, 3.63) is 94.0 Å². The molecule has 0 radical (unpaired) electrons. The Morgan fingerprint density at radius 2 is 1.97 bits per heavy atom. The zero-order valence-corrected chi connectivity index (χ0v) is 20.3. The Kier molecular flexibility index (Phi) is 6.05. The maximum atomic E-state index is 14.3. The van der Waals surface area contributed by atoms with Gasteiger partial charge in [0, 0.05) is 12.1 Å². The smallest absolute Gasteiger partial charge is 0.253 e. The van der Waals surface area contributed by atoms with Crippen molar-refractivity contribution < 1.29 is 9.18 Å². The Morgan fingerprint density at radius 1 is 1.17 bits per heavy atom. The number of nitrogens with zero attached hydrogens (tertiary/aromatic N) is 3. The van der Waals surface area contributed by atoms with Gasteiger partial charge in [0.1, 0.15) is 11.6 Å². The van der Waals surface area contributed by atoms with Gasteiger partial charge >= 0.3 is 0 Å². The third-order valence-electron chi connectivity index (χ3n) is 6.69. The van der Waals surface area contributed by atoms with Crippen LogP contribution in [0.2, 0.25) is 5.02 Å². The van der Waals surface area contributed by atoms with Gasteiger partial charge in [-0.1, -0.05) is 29.8 Å². The molecule has 1 unspecified atom stereocenters. The summed E-state index contributed by atoms with van der Waals surface area (Å²) in [4.78, 5) is 19.6. The molecular weight excluding hydrogens is 479 g/mol. The first-order valence-corrected chi connectivity index (χ1v) is 11.8. The van der Waals surface area contributed by atoms with Crippen LogP contribution >= 0.6 is 11.6 Å². The van der Waals surface area contributed by atoms with Gasteiger partial charge in [-0.2, -0.15) is 0 Å². The molecule has 1 aliphatic heterocycles. The van der Waals surface area contributed by atoms with Crippen molar-refractivity contribution in [1.29, 1.82) is 10.8 Å². The van der Waals surface area contributed by atoms with E-state index in [4.69, 9.17) is 27.4 Å². The number of rotatable bonds is 6. The van der Waals surface area contributed by atoms with E-state index in [1.54, 1.807) is 18.2 Å². The van der Waals surface area contributed by atoms with Gasteiger partial charge < -0.3 is 9.88 Å². The quantitative estimate of drug-likeness (QED) is 0.242. The fourth-order valence-corrected chi connectivity index (χ4v) is 5.11. The standard InChI is InChI=1S/C27H24ClFN6O/c1-17-5-8-24-23(11-17)32-25-9-10-27(14-35(24)25,18-3-2-4-19(29)12-18)33-26(36)21-7-6-20(13-22(21)28)34(15-30)16-31/h2-8,11-13,15-16,30-31H,9-10,14H2,1H3,(H,33,36). The van der Waals surface area contributed by atoms with Crippen LogP contribution in [-0.4, -0.2) is 28.1 Å². The van der Waals surface area contributed by atoms with E-state index in [1.807, 2.05) is 31.2 Å². The zero-order valence-electron chi connectivity index (χ0n) is 19.6. The highest BCUT2D eigenvalue weighted by molar-refractivity contribution is 6.34. The molecule has 4 aromatic rings. The maximum Gasteiger partial charge on any atom is 0.253 e. The third kappa shape index (κ3) is 4.13. The number of nitrogens with one attached hydrogen (secondary N) is 3. The van der Waals surface area contributed by atoms with Crippen LogP contribution in [-0.2, 0) is 18.5 Å². The minimum Gasteiger partial charge on any atom is -0.341 e. The topological polar surface area (TPSA) is 97.9 Å². The number of benzene rings is 3. The van der Waals surface area contributed by atoms with Gasteiger partial charge in [0.05, 0.1) is 46.4 Å². The molecule has 182 valence electrons. The van der Waals surface area contributed by atoms with E-state index in [0.29, 0.717) is 30.6 Å². The molecule has 0 fully saturated rings. The van der Waals surface area contributed by atoms with Gasteiger partial charge in [-0.25, -0.2) is 9.37 Å². The third-order valence-corrected chi connectivity index (χ3v) is 7.00. The number of aromatic nitrogens is 2. The van der Waals surface area contributed by atoms with Crippen LogP contribution in [0.3, 0.4) is 0 Å². The summed E-state index contributed by atoms with van der Waals surface area (Å²) in [5, 5.41) is 18.2. The Morgan fingerprint density at radius 3 is 2.69 bits per heavy atom. The molecule has 2 heterocycles. The van der Waals surface area contributed by atoms with E-state index < -0.39 is 11.4 Å². The SMILES string of the molecule is Cc1ccc2c(c1)nc1n2CC(NC(=O)c2ccc(N(C=N)C=N)cc2Cl)(c2cccc(F)c2)CC1. The maximum absolute atomic E-state index is 14.3. The van der Waals surface area contributed by atoms with Crippen molar-refractivity contribution in [3.8, 4) is 0 Å². The molecule has 1 aromatic heterocycles. The molecule has 0 aliphatic carbocycles. The number of imidazole rings is 1. The Bertz CT molecular complexity index is 1510. The molecule has 5 rings (SSSR count). The molecule has 0 bridgehead atoms. The van der Waals surface area contributed by atoms with Crippen LogP contribution in [0, 0.1) is 23.6 Å². The molecule has 1 aliphatic rings. The molecule has 0 spiro atoms. The predicted molar refractivity (Wildman–Crippen MR) is 140 cm³/mol. The lowest BCUT2D eigenvalue weighted by molar-refractivity contribution is 0.0867. The Labute approximate surface area is 212 Å². The molecular formula is C27H24ClFN6O. The number of fused-ring (bicyclic) bond motifs is 3. The van der Waals surface area contributed by atoms with Crippen LogP contribution < -0.4 is 10.2 Å². The van der Waals surface area contributed by atoms with E-state index >= 15 is 0 Å². The summed E-state index contributed by atoms with van der Waals surface area (Å²) in [5.41, 5.74) is 3.50. The van der Waals surface area contributed by atoms with Gasteiger partial charge in [-0.15, -0.1) is 0 Å². The average Bonchev–Trinajstić information content (AvgIpc) is 3.21. The molecule has 1 amide bonds. The number of hydrogen-bond donors (Lipinski definition) is 3. The number of halogens is 2. The number of carbonyl (C=O) groups is 1. The fraction of sp³-hybridized carbons (Fsp3) is 0.185. The largest absolute Gasteiger partial charge is 0.341 e. The van der Waals surface area contributed by atoms with Gasteiger partial charge in [-0.3, -0.25) is 20.5 Å². The highest BCUT2D eigenvalue weighted by atomic mass is 35.5. The lowest BCUT2D eigenvalue weighted by atomic mass is 9.82. The number of anilines is 1. The summed E-state index contributed by atoms with van der Waals surface area (Å²) in [6.07, 6.45) is 3.10. The van der Waals surface area contributed by atoms with Gasteiger partial charge in [-0.05, 0) is 66.9 Å². The highest BCUT2D eigenvalue weighted by Gasteiger charge is 2.39. The number of hydrogen-bond acceptors (Lipinski definition) is 4. The van der Waals surface area contributed by atoms with Crippen LogP contribution in [0.5, 0.6) is 0 Å². The molecule has 3 N–H and O–H groups in total. The van der Waals surface area contributed by atoms with E-state index in [2.05, 4.69) is 9.88 Å². The second-order valence-electron chi connectivity index (χ2n) is 8.98. The Hall–Kier alpha value is -4.04. The van der Waals surface area contributed by atoms with Crippen molar-refractivity contribution in [2.75, 3.05) is 4.90 Å². The van der Waals surface area contributed by atoms with Crippen molar-refractivity contribution >= 4 is 46.9 Å². The minimum absolute atomic E-state index is 0.188. The van der Waals surface area contributed by atoms with Gasteiger partial charge in [0.15, 0.2) is 0 Å². The van der Waals surface area contributed by atoms with Crippen molar-refractivity contribution in [2.45, 2.75) is 31.8 Å². The first-order valence-electron chi connectivity index (χ1n) is 11.5. The number of amides is 1. The average molecular weight is 503 g/mol. The van der Waals surface area contributed by atoms with Crippen LogP contribution in [0.4, 0.5) is 10.1 Å². The minimum atomic E-state index is -0.886. The first kappa shape index (κ1) is 23.7. The predicted octanol–water partition coefficient (Wildman–Crippen LogP) is 5.43. The highest BCUT2D eigenvalue weighted by Crippen LogP contribution is 2.36. The summed E-state index contributed by atoms with van der Waals surface area (Å²) >= 11 is 6.46.